The van der Waals surface area contributed by atoms with Crippen LogP contribution in [-0.2, 0) is 15.3 Å². The number of aromatic hydroxyl groups is 1. The smallest absolute Gasteiger partial charge is 0.198 e. The van der Waals surface area contributed by atoms with Gasteiger partial charge in [-0.05, 0) is 19.1 Å². The van der Waals surface area contributed by atoms with Gasteiger partial charge in [0.05, 0.1) is 18.8 Å². The predicted molar refractivity (Wildman–Crippen MR) is 56.7 cm³/mol. The summed E-state index contributed by atoms with van der Waals surface area (Å²) in [7, 11) is 0. The maximum absolute atomic E-state index is 9.83. The Morgan fingerprint density at radius 1 is 1.33 bits per heavy atom. The highest BCUT2D eigenvalue weighted by atomic mass is 16.7. The molecule has 3 nitrogen and oxygen atoms in total. The molecule has 1 aliphatic heterocycles. The van der Waals surface area contributed by atoms with Crippen LogP contribution in [0.3, 0.4) is 0 Å². The Balaban J connectivity index is 2.46. The topological polar surface area (TPSA) is 38.7 Å². The SMILES string of the molecule is CCC1(c2cc(C)ccc2O)OCCO1. The summed E-state index contributed by atoms with van der Waals surface area (Å²) in [4.78, 5) is 0. The first-order chi connectivity index (χ1) is 7.18. The standard InChI is InChI=1S/C12H16O3/c1-3-12(14-6-7-15-12)10-8-9(2)4-5-11(10)13/h4-5,8,13H,3,6-7H2,1-2H3. The fourth-order valence-electron chi connectivity index (χ4n) is 1.96. The van der Waals surface area contributed by atoms with Gasteiger partial charge in [0.15, 0.2) is 5.79 Å². The monoisotopic (exact) mass is 208 g/mol. The molecular weight excluding hydrogens is 192 g/mol. The van der Waals surface area contributed by atoms with Gasteiger partial charge in [0.2, 0.25) is 0 Å². The molecule has 1 heterocycles. The molecule has 2 rings (SSSR count). The number of rotatable bonds is 2. The van der Waals surface area contributed by atoms with Crippen LogP contribution >= 0.6 is 0 Å². The van der Waals surface area contributed by atoms with Gasteiger partial charge < -0.3 is 14.6 Å². The normalized spacial score (nSPS) is 19.3. The molecule has 1 aliphatic rings. The minimum atomic E-state index is -0.740. The van der Waals surface area contributed by atoms with E-state index in [0.29, 0.717) is 19.6 Å². The summed E-state index contributed by atoms with van der Waals surface area (Å²) in [6.07, 6.45) is 0.698. The van der Waals surface area contributed by atoms with Crippen molar-refractivity contribution in [1.82, 2.24) is 0 Å². The lowest BCUT2D eigenvalue weighted by molar-refractivity contribution is -0.168. The average molecular weight is 208 g/mol. The third-order valence-electron chi connectivity index (χ3n) is 2.78. The Labute approximate surface area is 89.6 Å². The molecule has 0 radical (unpaired) electrons. The fourth-order valence-corrected chi connectivity index (χ4v) is 1.96. The van der Waals surface area contributed by atoms with E-state index in [-0.39, 0.29) is 5.75 Å². The summed E-state index contributed by atoms with van der Waals surface area (Å²) in [5.74, 6) is -0.500. The molecule has 0 atom stereocenters. The summed E-state index contributed by atoms with van der Waals surface area (Å²) in [6.45, 7) is 5.15. The molecule has 1 saturated heterocycles. The first-order valence-electron chi connectivity index (χ1n) is 5.26. The van der Waals surface area contributed by atoms with Crippen LogP contribution in [0.2, 0.25) is 0 Å². The summed E-state index contributed by atoms with van der Waals surface area (Å²) >= 11 is 0. The summed E-state index contributed by atoms with van der Waals surface area (Å²) < 4.78 is 11.3. The number of aryl methyl sites for hydroxylation is 1. The molecule has 1 aromatic carbocycles. The Morgan fingerprint density at radius 3 is 2.60 bits per heavy atom. The van der Waals surface area contributed by atoms with Crippen LogP contribution in [0.15, 0.2) is 18.2 Å². The molecule has 0 spiro atoms. The quantitative estimate of drug-likeness (QED) is 0.810. The lowest BCUT2D eigenvalue weighted by Crippen LogP contribution is -2.26. The summed E-state index contributed by atoms with van der Waals surface area (Å²) in [5.41, 5.74) is 1.83. The zero-order valence-corrected chi connectivity index (χ0v) is 9.12. The number of hydrogen-bond donors (Lipinski definition) is 1. The second-order valence-corrected chi connectivity index (χ2v) is 3.82. The highest BCUT2D eigenvalue weighted by molar-refractivity contribution is 5.39. The van der Waals surface area contributed by atoms with Gasteiger partial charge in [-0.3, -0.25) is 0 Å². The minimum absolute atomic E-state index is 0.240. The molecule has 1 aromatic rings. The first kappa shape index (κ1) is 10.5. The molecule has 15 heavy (non-hydrogen) atoms. The molecule has 82 valence electrons. The van der Waals surface area contributed by atoms with E-state index in [4.69, 9.17) is 9.47 Å². The van der Waals surface area contributed by atoms with Gasteiger partial charge in [0.25, 0.3) is 0 Å². The van der Waals surface area contributed by atoms with Crippen molar-refractivity contribution in [2.75, 3.05) is 13.2 Å². The van der Waals surface area contributed by atoms with Gasteiger partial charge in [-0.25, -0.2) is 0 Å². The lowest BCUT2D eigenvalue weighted by atomic mass is 10.00. The number of phenolic OH excluding ortho intramolecular Hbond substituents is 1. The molecule has 0 unspecified atom stereocenters. The first-order valence-corrected chi connectivity index (χ1v) is 5.26. The van der Waals surface area contributed by atoms with Crippen LogP contribution in [0.5, 0.6) is 5.75 Å². The molecule has 0 aliphatic carbocycles. The molecule has 1 fully saturated rings. The third-order valence-corrected chi connectivity index (χ3v) is 2.78. The number of hydrogen-bond acceptors (Lipinski definition) is 3. The minimum Gasteiger partial charge on any atom is -0.507 e. The van der Waals surface area contributed by atoms with Crippen LogP contribution in [-0.4, -0.2) is 18.3 Å². The fraction of sp³-hybridized carbons (Fsp3) is 0.500. The molecular formula is C12H16O3. The van der Waals surface area contributed by atoms with E-state index in [1.165, 1.54) is 0 Å². The van der Waals surface area contributed by atoms with E-state index < -0.39 is 5.79 Å². The van der Waals surface area contributed by atoms with Crippen molar-refractivity contribution in [2.24, 2.45) is 0 Å². The molecule has 3 heteroatoms. The lowest BCUT2D eigenvalue weighted by Gasteiger charge is -2.27. The van der Waals surface area contributed by atoms with Crippen molar-refractivity contribution in [3.63, 3.8) is 0 Å². The van der Waals surface area contributed by atoms with Crippen molar-refractivity contribution >= 4 is 0 Å². The van der Waals surface area contributed by atoms with Gasteiger partial charge in [0.1, 0.15) is 5.75 Å². The predicted octanol–water partition coefficient (Wildman–Crippen LogP) is 2.31. The van der Waals surface area contributed by atoms with E-state index in [1.807, 2.05) is 26.0 Å². The van der Waals surface area contributed by atoms with E-state index in [0.717, 1.165) is 11.1 Å². The van der Waals surface area contributed by atoms with Crippen molar-refractivity contribution in [3.8, 4) is 5.75 Å². The van der Waals surface area contributed by atoms with Crippen molar-refractivity contribution < 1.29 is 14.6 Å². The highest BCUT2D eigenvalue weighted by Gasteiger charge is 2.38. The highest BCUT2D eigenvalue weighted by Crippen LogP contribution is 2.39. The van der Waals surface area contributed by atoms with Gasteiger partial charge in [-0.15, -0.1) is 0 Å². The molecule has 0 aromatic heterocycles. The van der Waals surface area contributed by atoms with Gasteiger partial charge in [-0.2, -0.15) is 0 Å². The van der Waals surface area contributed by atoms with Crippen LogP contribution in [0.1, 0.15) is 24.5 Å². The van der Waals surface area contributed by atoms with Crippen molar-refractivity contribution in [1.29, 1.82) is 0 Å². The van der Waals surface area contributed by atoms with Gasteiger partial charge in [-0.1, -0.05) is 18.6 Å². The number of ether oxygens (including phenoxy) is 2. The Hall–Kier alpha value is -1.06. The average Bonchev–Trinajstić information content (AvgIpc) is 2.71. The van der Waals surface area contributed by atoms with Gasteiger partial charge >= 0.3 is 0 Å². The van der Waals surface area contributed by atoms with Crippen LogP contribution in [0.25, 0.3) is 0 Å². The van der Waals surface area contributed by atoms with E-state index in [9.17, 15) is 5.11 Å². The van der Waals surface area contributed by atoms with Crippen LogP contribution < -0.4 is 0 Å². The summed E-state index contributed by atoms with van der Waals surface area (Å²) in [5, 5.41) is 9.83. The maximum Gasteiger partial charge on any atom is 0.198 e. The molecule has 0 bridgehead atoms. The second kappa shape index (κ2) is 3.83. The van der Waals surface area contributed by atoms with Gasteiger partial charge in [0, 0.05) is 6.42 Å². The van der Waals surface area contributed by atoms with E-state index in [2.05, 4.69) is 0 Å². The molecule has 0 saturated carbocycles. The Kier molecular flexibility index (Phi) is 2.67. The van der Waals surface area contributed by atoms with Crippen molar-refractivity contribution in [2.45, 2.75) is 26.1 Å². The third kappa shape index (κ3) is 1.73. The van der Waals surface area contributed by atoms with E-state index in [1.54, 1.807) is 6.07 Å². The Bertz CT molecular complexity index is 354. The molecule has 0 amide bonds. The zero-order valence-electron chi connectivity index (χ0n) is 9.12. The van der Waals surface area contributed by atoms with Crippen LogP contribution in [0, 0.1) is 6.92 Å². The summed E-state index contributed by atoms with van der Waals surface area (Å²) in [6, 6.07) is 5.48. The number of phenols is 1. The second-order valence-electron chi connectivity index (χ2n) is 3.82. The number of benzene rings is 1. The molecule has 1 N–H and O–H groups in total. The maximum atomic E-state index is 9.83. The van der Waals surface area contributed by atoms with Crippen LogP contribution in [0.4, 0.5) is 0 Å². The largest absolute Gasteiger partial charge is 0.507 e. The zero-order chi connectivity index (χ0) is 10.9. The van der Waals surface area contributed by atoms with E-state index >= 15 is 0 Å². The van der Waals surface area contributed by atoms with Crippen molar-refractivity contribution in [3.05, 3.63) is 29.3 Å². The Morgan fingerprint density at radius 2 is 2.00 bits per heavy atom.